The minimum atomic E-state index is -0.859. The van der Waals surface area contributed by atoms with Crippen LogP contribution in [0.15, 0.2) is 12.1 Å². The summed E-state index contributed by atoms with van der Waals surface area (Å²) < 4.78 is 24.5. The molecule has 1 aromatic rings. The lowest BCUT2D eigenvalue weighted by atomic mass is 10.1. The Labute approximate surface area is 133 Å². The molecule has 1 saturated heterocycles. The molecule has 0 aromatic carbocycles. The number of nitrogens with zero attached hydrogens (tertiary/aromatic N) is 2. The second kappa shape index (κ2) is 6.39. The fourth-order valence-corrected chi connectivity index (χ4v) is 1.93. The quantitative estimate of drug-likeness (QED) is 0.853. The SMILES string of the molecule is CNC(=O)c1ccc(OC2CN(C(=O)OC(C)(C)C)C2)c(F)n1. The van der Waals surface area contributed by atoms with Crippen molar-refractivity contribution in [2.75, 3.05) is 20.1 Å². The summed E-state index contributed by atoms with van der Waals surface area (Å²) in [6.45, 7) is 5.98. The average molecular weight is 325 g/mol. The first-order valence-corrected chi connectivity index (χ1v) is 7.23. The van der Waals surface area contributed by atoms with Crippen LogP contribution in [0.25, 0.3) is 0 Å². The maximum atomic E-state index is 13.8. The van der Waals surface area contributed by atoms with E-state index in [1.165, 1.54) is 24.1 Å². The number of amides is 2. The van der Waals surface area contributed by atoms with Crippen LogP contribution in [-0.2, 0) is 4.74 Å². The molecule has 0 bridgehead atoms. The summed E-state index contributed by atoms with van der Waals surface area (Å²) in [5.41, 5.74) is -0.587. The standard InChI is InChI=1S/C15H20FN3O4/c1-15(2,3)23-14(21)19-7-9(8-19)22-11-6-5-10(13(20)17-4)18-12(11)16/h5-6,9H,7-8H2,1-4H3,(H,17,20). The largest absolute Gasteiger partial charge is 0.482 e. The summed E-state index contributed by atoms with van der Waals surface area (Å²) >= 11 is 0. The Balaban J connectivity index is 1.88. The molecule has 8 heteroatoms. The number of rotatable bonds is 3. The topological polar surface area (TPSA) is 80.8 Å². The van der Waals surface area contributed by atoms with Crippen LogP contribution in [0.1, 0.15) is 31.3 Å². The van der Waals surface area contributed by atoms with Crippen molar-refractivity contribution >= 4 is 12.0 Å². The molecule has 0 aliphatic carbocycles. The molecule has 0 unspecified atom stereocenters. The summed E-state index contributed by atoms with van der Waals surface area (Å²) in [7, 11) is 1.44. The highest BCUT2D eigenvalue weighted by Crippen LogP contribution is 2.22. The van der Waals surface area contributed by atoms with Gasteiger partial charge in [0.1, 0.15) is 17.4 Å². The summed E-state index contributed by atoms with van der Waals surface area (Å²) in [5, 5.41) is 2.36. The van der Waals surface area contributed by atoms with Gasteiger partial charge in [-0.2, -0.15) is 4.39 Å². The summed E-state index contributed by atoms with van der Waals surface area (Å²) in [4.78, 5) is 28.2. The predicted octanol–water partition coefficient (Wildman–Crippen LogP) is 1.58. The molecule has 126 valence electrons. The number of halogens is 1. The summed E-state index contributed by atoms with van der Waals surface area (Å²) in [6, 6.07) is 2.73. The summed E-state index contributed by atoms with van der Waals surface area (Å²) in [6.07, 6.45) is -0.754. The first-order valence-electron chi connectivity index (χ1n) is 7.23. The number of carbonyl (C=O) groups excluding carboxylic acids is 2. The van der Waals surface area contributed by atoms with Gasteiger partial charge in [0.2, 0.25) is 0 Å². The lowest BCUT2D eigenvalue weighted by Crippen LogP contribution is -2.57. The fourth-order valence-electron chi connectivity index (χ4n) is 1.93. The zero-order chi connectivity index (χ0) is 17.2. The van der Waals surface area contributed by atoms with Crippen LogP contribution in [0, 0.1) is 5.95 Å². The minimum absolute atomic E-state index is 0.0265. The number of nitrogens with one attached hydrogen (secondary N) is 1. The zero-order valence-electron chi connectivity index (χ0n) is 13.6. The second-order valence-electron chi connectivity index (χ2n) is 6.19. The molecule has 1 aliphatic rings. The van der Waals surface area contributed by atoms with Crippen molar-refractivity contribution in [1.29, 1.82) is 0 Å². The Morgan fingerprint density at radius 1 is 1.35 bits per heavy atom. The second-order valence-corrected chi connectivity index (χ2v) is 6.19. The average Bonchev–Trinajstić information content (AvgIpc) is 2.40. The third kappa shape index (κ3) is 4.30. The minimum Gasteiger partial charge on any atom is -0.482 e. The molecular weight excluding hydrogens is 305 g/mol. The fraction of sp³-hybridized carbons (Fsp3) is 0.533. The van der Waals surface area contributed by atoms with Gasteiger partial charge < -0.3 is 19.7 Å². The number of likely N-dealkylation sites (tertiary alicyclic amines) is 1. The van der Waals surface area contributed by atoms with E-state index in [0.29, 0.717) is 13.1 Å². The third-order valence-electron chi connectivity index (χ3n) is 3.07. The van der Waals surface area contributed by atoms with Gasteiger partial charge in [-0.25, -0.2) is 9.78 Å². The smallest absolute Gasteiger partial charge is 0.410 e. The van der Waals surface area contributed by atoms with Gasteiger partial charge in [0.15, 0.2) is 5.75 Å². The molecule has 7 nitrogen and oxygen atoms in total. The van der Waals surface area contributed by atoms with Crippen molar-refractivity contribution in [3.63, 3.8) is 0 Å². The zero-order valence-corrected chi connectivity index (χ0v) is 13.6. The molecule has 2 amide bonds. The third-order valence-corrected chi connectivity index (χ3v) is 3.07. The van der Waals surface area contributed by atoms with E-state index in [1.807, 2.05) is 0 Å². The van der Waals surface area contributed by atoms with Crippen molar-refractivity contribution in [1.82, 2.24) is 15.2 Å². The maximum Gasteiger partial charge on any atom is 0.410 e. The predicted molar refractivity (Wildman–Crippen MR) is 79.8 cm³/mol. The molecular formula is C15H20FN3O4. The molecule has 1 N–H and O–H groups in total. The van der Waals surface area contributed by atoms with Crippen LogP contribution < -0.4 is 10.1 Å². The Bertz CT molecular complexity index is 609. The monoisotopic (exact) mass is 325 g/mol. The van der Waals surface area contributed by atoms with Crippen LogP contribution in [-0.4, -0.2) is 53.7 Å². The van der Waals surface area contributed by atoms with Gasteiger partial charge in [-0.05, 0) is 32.9 Å². The van der Waals surface area contributed by atoms with Crippen molar-refractivity contribution in [2.45, 2.75) is 32.5 Å². The van der Waals surface area contributed by atoms with E-state index >= 15 is 0 Å². The van der Waals surface area contributed by atoms with E-state index in [0.717, 1.165) is 0 Å². The molecule has 1 aliphatic heterocycles. The van der Waals surface area contributed by atoms with Crippen molar-refractivity contribution in [2.24, 2.45) is 0 Å². The Morgan fingerprint density at radius 3 is 2.52 bits per heavy atom. The Hall–Kier alpha value is -2.38. The van der Waals surface area contributed by atoms with E-state index in [9.17, 15) is 14.0 Å². The first kappa shape index (κ1) is 17.0. The lowest BCUT2D eigenvalue weighted by molar-refractivity contribution is -0.0231. The van der Waals surface area contributed by atoms with E-state index < -0.39 is 23.5 Å². The molecule has 1 fully saturated rings. The van der Waals surface area contributed by atoms with E-state index in [2.05, 4.69) is 10.3 Å². The molecule has 2 rings (SSSR count). The number of pyridine rings is 1. The molecule has 1 aromatic heterocycles. The lowest BCUT2D eigenvalue weighted by Gasteiger charge is -2.39. The van der Waals surface area contributed by atoms with Crippen LogP contribution in [0.5, 0.6) is 5.75 Å². The van der Waals surface area contributed by atoms with Crippen LogP contribution in [0.3, 0.4) is 0 Å². The molecule has 0 radical (unpaired) electrons. The molecule has 0 saturated carbocycles. The number of carbonyl (C=O) groups is 2. The van der Waals surface area contributed by atoms with Crippen LogP contribution >= 0.6 is 0 Å². The van der Waals surface area contributed by atoms with E-state index in [1.54, 1.807) is 20.8 Å². The van der Waals surface area contributed by atoms with E-state index in [4.69, 9.17) is 9.47 Å². The summed E-state index contributed by atoms with van der Waals surface area (Å²) in [5.74, 6) is -1.39. The Kier molecular flexibility index (Phi) is 4.72. The highest BCUT2D eigenvalue weighted by molar-refractivity contribution is 5.92. The normalized spacial score (nSPS) is 14.9. The van der Waals surface area contributed by atoms with Gasteiger partial charge in [0.05, 0.1) is 13.1 Å². The van der Waals surface area contributed by atoms with Gasteiger partial charge in [-0.1, -0.05) is 0 Å². The molecule has 23 heavy (non-hydrogen) atoms. The molecule has 0 atom stereocenters. The highest BCUT2D eigenvalue weighted by Gasteiger charge is 2.35. The van der Waals surface area contributed by atoms with Crippen molar-refractivity contribution in [3.05, 3.63) is 23.8 Å². The van der Waals surface area contributed by atoms with Crippen molar-refractivity contribution < 1.29 is 23.5 Å². The van der Waals surface area contributed by atoms with Gasteiger partial charge in [-0.15, -0.1) is 0 Å². The number of hydrogen-bond donors (Lipinski definition) is 1. The number of hydrogen-bond acceptors (Lipinski definition) is 5. The highest BCUT2D eigenvalue weighted by atomic mass is 19.1. The number of ether oxygens (including phenoxy) is 2. The molecule has 2 heterocycles. The van der Waals surface area contributed by atoms with Crippen LogP contribution in [0.4, 0.5) is 9.18 Å². The number of aromatic nitrogens is 1. The van der Waals surface area contributed by atoms with Gasteiger partial charge in [0, 0.05) is 7.05 Å². The van der Waals surface area contributed by atoms with E-state index in [-0.39, 0.29) is 17.5 Å². The maximum absolute atomic E-state index is 13.8. The van der Waals surface area contributed by atoms with Gasteiger partial charge in [0.25, 0.3) is 11.9 Å². The van der Waals surface area contributed by atoms with Crippen LogP contribution in [0.2, 0.25) is 0 Å². The first-order chi connectivity index (χ1) is 10.7. The van der Waals surface area contributed by atoms with Gasteiger partial charge in [-0.3, -0.25) is 4.79 Å². The Morgan fingerprint density at radius 2 is 2.00 bits per heavy atom. The van der Waals surface area contributed by atoms with Crippen molar-refractivity contribution in [3.8, 4) is 5.75 Å². The van der Waals surface area contributed by atoms with Gasteiger partial charge >= 0.3 is 6.09 Å². The molecule has 0 spiro atoms.